The second-order valence-corrected chi connectivity index (χ2v) is 4.93. The van der Waals surface area contributed by atoms with Crippen molar-refractivity contribution in [3.05, 3.63) is 46.8 Å². The van der Waals surface area contributed by atoms with Crippen LogP contribution in [-0.2, 0) is 6.54 Å². The lowest BCUT2D eigenvalue weighted by molar-refractivity contribution is 0.0951. The summed E-state index contributed by atoms with van der Waals surface area (Å²) in [6, 6.07) is 7.50. The standard InChI is InChI=1S/C15H19N3O2/c1-10-14(11(2)20-17-10)9-16-15(19)12-6-5-7-13(8-12)18(3)4/h5-8H,9H2,1-4H3,(H,16,19). The number of benzene rings is 1. The number of nitrogens with one attached hydrogen (secondary N) is 1. The van der Waals surface area contributed by atoms with Crippen molar-refractivity contribution in [2.45, 2.75) is 20.4 Å². The van der Waals surface area contributed by atoms with Gasteiger partial charge >= 0.3 is 0 Å². The molecule has 1 heterocycles. The van der Waals surface area contributed by atoms with Crippen LogP contribution in [0.3, 0.4) is 0 Å². The van der Waals surface area contributed by atoms with Crippen LogP contribution in [0.4, 0.5) is 5.69 Å². The summed E-state index contributed by atoms with van der Waals surface area (Å²) < 4.78 is 5.08. The lowest BCUT2D eigenvalue weighted by Gasteiger charge is -2.13. The quantitative estimate of drug-likeness (QED) is 0.928. The molecular formula is C15H19N3O2. The van der Waals surface area contributed by atoms with E-state index in [1.165, 1.54) is 0 Å². The SMILES string of the molecule is Cc1noc(C)c1CNC(=O)c1cccc(N(C)C)c1. The van der Waals surface area contributed by atoms with Gasteiger partial charge < -0.3 is 14.7 Å². The molecule has 1 amide bonds. The Hall–Kier alpha value is -2.30. The molecule has 5 heteroatoms. The van der Waals surface area contributed by atoms with Crippen molar-refractivity contribution in [2.75, 3.05) is 19.0 Å². The molecule has 0 atom stereocenters. The van der Waals surface area contributed by atoms with Crippen molar-refractivity contribution in [2.24, 2.45) is 0 Å². The second kappa shape index (κ2) is 5.77. The highest BCUT2D eigenvalue weighted by Gasteiger charge is 2.11. The topological polar surface area (TPSA) is 58.4 Å². The summed E-state index contributed by atoms with van der Waals surface area (Å²) in [4.78, 5) is 14.1. The lowest BCUT2D eigenvalue weighted by Crippen LogP contribution is -2.23. The fraction of sp³-hybridized carbons (Fsp3) is 0.333. The minimum Gasteiger partial charge on any atom is -0.378 e. The number of rotatable bonds is 4. The smallest absolute Gasteiger partial charge is 0.251 e. The van der Waals surface area contributed by atoms with Gasteiger partial charge in [-0.2, -0.15) is 0 Å². The summed E-state index contributed by atoms with van der Waals surface area (Å²) in [6.07, 6.45) is 0. The highest BCUT2D eigenvalue weighted by Crippen LogP contribution is 2.14. The number of aromatic nitrogens is 1. The minimum absolute atomic E-state index is 0.103. The summed E-state index contributed by atoms with van der Waals surface area (Å²) in [5, 5.41) is 6.76. The fourth-order valence-electron chi connectivity index (χ4n) is 1.95. The van der Waals surface area contributed by atoms with Crippen LogP contribution in [0.5, 0.6) is 0 Å². The zero-order valence-electron chi connectivity index (χ0n) is 12.2. The number of hydrogen-bond donors (Lipinski definition) is 1. The molecule has 0 aliphatic rings. The molecule has 0 saturated carbocycles. The van der Waals surface area contributed by atoms with E-state index in [4.69, 9.17) is 4.52 Å². The van der Waals surface area contributed by atoms with Crippen molar-refractivity contribution in [3.8, 4) is 0 Å². The average molecular weight is 273 g/mol. The normalized spacial score (nSPS) is 10.4. The van der Waals surface area contributed by atoms with E-state index in [1.807, 2.05) is 51.0 Å². The molecule has 106 valence electrons. The van der Waals surface area contributed by atoms with Gasteiger partial charge in [-0.25, -0.2) is 0 Å². The molecule has 5 nitrogen and oxygen atoms in total. The van der Waals surface area contributed by atoms with Crippen LogP contribution in [0, 0.1) is 13.8 Å². The number of anilines is 1. The molecule has 2 rings (SSSR count). The number of hydrogen-bond acceptors (Lipinski definition) is 4. The Morgan fingerprint density at radius 1 is 1.35 bits per heavy atom. The molecule has 0 aliphatic carbocycles. The molecule has 0 radical (unpaired) electrons. The lowest BCUT2D eigenvalue weighted by atomic mass is 10.1. The predicted octanol–water partition coefficient (Wildman–Crippen LogP) is 2.29. The van der Waals surface area contributed by atoms with Gasteiger partial charge in [0.1, 0.15) is 5.76 Å². The van der Waals surface area contributed by atoms with Crippen LogP contribution in [0.2, 0.25) is 0 Å². The van der Waals surface area contributed by atoms with Crippen molar-refractivity contribution in [1.29, 1.82) is 0 Å². The Morgan fingerprint density at radius 2 is 2.10 bits per heavy atom. The Labute approximate surface area is 118 Å². The van der Waals surface area contributed by atoms with Gasteiger partial charge in [0.25, 0.3) is 5.91 Å². The first-order chi connectivity index (χ1) is 9.49. The summed E-state index contributed by atoms with van der Waals surface area (Å²) in [6.45, 7) is 4.13. The van der Waals surface area contributed by atoms with E-state index in [9.17, 15) is 4.79 Å². The van der Waals surface area contributed by atoms with Gasteiger partial charge in [-0.15, -0.1) is 0 Å². The van der Waals surface area contributed by atoms with Crippen molar-refractivity contribution in [3.63, 3.8) is 0 Å². The number of carbonyl (C=O) groups is 1. The van der Waals surface area contributed by atoms with Gasteiger partial charge in [0.05, 0.1) is 5.69 Å². The van der Waals surface area contributed by atoms with Crippen molar-refractivity contribution in [1.82, 2.24) is 10.5 Å². The third-order valence-electron chi connectivity index (χ3n) is 3.23. The van der Waals surface area contributed by atoms with E-state index >= 15 is 0 Å². The van der Waals surface area contributed by atoms with Gasteiger partial charge in [0.2, 0.25) is 0 Å². The molecule has 0 spiro atoms. The van der Waals surface area contributed by atoms with Gasteiger partial charge in [-0.1, -0.05) is 11.2 Å². The molecule has 0 saturated heterocycles. The highest BCUT2D eigenvalue weighted by molar-refractivity contribution is 5.95. The Morgan fingerprint density at radius 3 is 2.70 bits per heavy atom. The molecule has 1 N–H and O–H groups in total. The number of amides is 1. The largest absolute Gasteiger partial charge is 0.378 e. The summed E-state index contributed by atoms with van der Waals surface area (Å²) >= 11 is 0. The first kappa shape index (κ1) is 14.1. The van der Waals surface area contributed by atoms with Crippen LogP contribution in [0.25, 0.3) is 0 Å². The Kier molecular flexibility index (Phi) is 4.08. The van der Waals surface area contributed by atoms with Gasteiger partial charge in [-0.05, 0) is 32.0 Å². The van der Waals surface area contributed by atoms with E-state index < -0.39 is 0 Å². The van der Waals surface area contributed by atoms with E-state index in [0.29, 0.717) is 12.1 Å². The van der Waals surface area contributed by atoms with E-state index in [2.05, 4.69) is 10.5 Å². The van der Waals surface area contributed by atoms with Gasteiger partial charge in [-0.3, -0.25) is 4.79 Å². The maximum Gasteiger partial charge on any atom is 0.251 e. The van der Waals surface area contributed by atoms with Crippen LogP contribution < -0.4 is 10.2 Å². The highest BCUT2D eigenvalue weighted by atomic mass is 16.5. The van der Waals surface area contributed by atoms with E-state index in [-0.39, 0.29) is 5.91 Å². The monoisotopic (exact) mass is 273 g/mol. The first-order valence-corrected chi connectivity index (χ1v) is 6.46. The molecule has 20 heavy (non-hydrogen) atoms. The van der Waals surface area contributed by atoms with Crippen LogP contribution in [0.15, 0.2) is 28.8 Å². The Bertz CT molecular complexity index is 598. The molecule has 2 aromatic rings. The fourth-order valence-corrected chi connectivity index (χ4v) is 1.95. The van der Waals surface area contributed by atoms with Crippen molar-refractivity contribution < 1.29 is 9.32 Å². The number of carbonyl (C=O) groups excluding carboxylic acids is 1. The predicted molar refractivity (Wildman–Crippen MR) is 77.9 cm³/mol. The molecule has 1 aromatic heterocycles. The first-order valence-electron chi connectivity index (χ1n) is 6.46. The molecular weight excluding hydrogens is 254 g/mol. The maximum absolute atomic E-state index is 12.2. The molecule has 0 unspecified atom stereocenters. The number of aryl methyl sites for hydroxylation is 2. The summed E-state index contributed by atoms with van der Waals surface area (Å²) in [5.74, 6) is 0.638. The zero-order valence-corrected chi connectivity index (χ0v) is 12.2. The summed E-state index contributed by atoms with van der Waals surface area (Å²) in [5.41, 5.74) is 3.38. The minimum atomic E-state index is -0.103. The number of nitrogens with zero attached hydrogens (tertiary/aromatic N) is 2. The van der Waals surface area contributed by atoms with Crippen LogP contribution >= 0.6 is 0 Å². The molecule has 0 aliphatic heterocycles. The zero-order chi connectivity index (χ0) is 14.7. The van der Waals surface area contributed by atoms with Gasteiger partial charge in [0, 0.05) is 37.5 Å². The maximum atomic E-state index is 12.2. The molecule has 0 fully saturated rings. The Balaban J connectivity index is 2.07. The molecule has 1 aromatic carbocycles. The van der Waals surface area contributed by atoms with Crippen molar-refractivity contribution >= 4 is 11.6 Å². The van der Waals surface area contributed by atoms with E-state index in [0.717, 1.165) is 22.7 Å². The van der Waals surface area contributed by atoms with Crippen LogP contribution in [-0.4, -0.2) is 25.2 Å². The van der Waals surface area contributed by atoms with E-state index in [1.54, 1.807) is 6.07 Å². The average Bonchev–Trinajstić information content (AvgIpc) is 2.75. The third-order valence-corrected chi connectivity index (χ3v) is 3.23. The molecule has 0 bridgehead atoms. The third kappa shape index (κ3) is 2.99. The summed E-state index contributed by atoms with van der Waals surface area (Å²) in [7, 11) is 3.89. The van der Waals surface area contributed by atoms with Crippen LogP contribution in [0.1, 0.15) is 27.4 Å². The van der Waals surface area contributed by atoms with Gasteiger partial charge in [0.15, 0.2) is 0 Å². The second-order valence-electron chi connectivity index (χ2n) is 4.93.